The highest BCUT2D eigenvalue weighted by atomic mass is 16.2. The summed E-state index contributed by atoms with van der Waals surface area (Å²) in [5.41, 5.74) is 0. The van der Waals surface area contributed by atoms with Gasteiger partial charge in [-0.2, -0.15) is 0 Å². The first kappa shape index (κ1) is 17.3. The van der Waals surface area contributed by atoms with Crippen LogP contribution in [0.2, 0.25) is 0 Å². The first-order valence-corrected chi connectivity index (χ1v) is 7.25. The third-order valence-electron chi connectivity index (χ3n) is 3.61. The van der Waals surface area contributed by atoms with E-state index in [0.717, 1.165) is 6.54 Å². The molecular formula is C16H25N3O2. The molecule has 0 aliphatic carbocycles. The van der Waals surface area contributed by atoms with Crippen LogP contribution < -0.4 is 0 Å². The summed E-state index contributed by atoms with van der Waals surface area (Å²) < 4.78 is 0. The molecule has 1 aliphatic rings. The second-order valence-corrected chi connectivity index (χ2v) is 5.59. The molecule has 116 valence electrons. The van der Waals surface area contributed by atoms with Crippen molar-refractivity contribution in [2.24, 2.45) is 5.92 Å². The molecule has 1 aliphatic heterocycles. The molecule has 1 fully saturated rings. The molecule has 0 saturated carbocycles. The van der Waals surface area contributed by atoms with Crippen molar-refractivity contribution in [1.82, 2.24) is 14.7 Å². The fraction of sp³-hybridized carbons (Fsp3) is 0.625. The Labute approximate surface area is 127 Å². The van der Waals surface area contributed by atoms with Crippen molar-refractivity contribution >= 4 is 11.8 Å². The Bertz CT molecular complexity index is 426. The lowest BCUT2D eigenvalue weighted by atomic mass is 9.96. The van der Waals surface area contributed by atoms with Crippen molar-refractivity contribution in [3.63, 3.8) is 0 Å². The number of amides is 2. The van der Waals surface area contributed by atoms with Crippen LogP contribution in [0.3, 0.4) is 0 Å². The van der Waals surface area contributed by atoms with Crippen LogP contribution in [-0.4, -0.2) is 73.3 Å². The van der Waals surface area contributed by atoms with Gasteiger partial charge < -0.3 is 14.7 Å². The second-order valence-electron chi connectivity index (χ2n) is 5.59. The maximum atomic E-state index is 12.5. The number of carbonyl (C=O) groups excluding carboxylic acids is 2. The molecule has 1 unspecified atom stereocenters. The number of piperidine rings is 1. The molecule has 1 atom stereocenters. The summed E-state index contributed by atoms with van der Waals surface area (Å²) in [7, 11) is 3.94. The molecule has 0 aromatic heterocycles. The van der Waals surface area contributed by atoms with Gasteiger partial charge in [0.1, 0.15) is 0 Å². The third kappa shape index (κ3) is 5.24. The van der Waals surface area contributed by atoms with E-state index in [0.29, 0.717) is 32.5 Å². The molecule has 0 N–H and O–H groups in total. The van der Waals surface area contributed by atoms with E-state index in [1.54, 1.807) is 15.9 Å². The number of carbonyl (C=O) groups is 2. The highest BCUT2D eigenvalue weighted by Gasteiger charge is 2.32. The number of hydrogen-bond donors (Lipinski definition) is 0. The number of likely N-dealkylation sites (N-methyl/N-ethyl adjacent to an activating group) is 1. The number of terminal acetylenes is 1. The van der Waals surface area contributed by atoms with Crippen LogP contribution >= 0.6 is 0 Å². The number of hydrogen-bond acceptors (Lipinski definition) is 3. The van der Waals surface area contributed by atoms with E-state index in [2.05, 4.69) is 12.5 Å². The van der Waals surface area contributed by atoms with Crippen molar-refractivity contribution in [3.8, 4) is 12.3 Å². The van der Waals surface area contributed by atoms with Crippen LogP contribution in [0.4, 0.5) is 0 Å². The monoisotopic (exact) mass is 291 g/mol. The zero-order chi connectivity index (χ0) is 15.8. The molecule has 5 nitrogen and oxygen atoms in total. The van der Waals surface area contributed by atoms with Gasteiger partial charge in [-0.15, -0.1) is 13.0 Å². The molecule has 0 radical (unpaired) electrons. The number of likely N-dealkylation sites (tertiary alicyclic amines) is 1. The number of nitrogens with zero attached hydrogens (tertiary/aromatic N) is 3. The van der Waals surface area contributed by atoms with Gasteiger partial charge in [0.25, 0.3) is 0 Å². The lowest BCUT2D eigenvalue weighted by Crippen LogP contribution is -2.48. The summed E-state index contributed by atoms with van der Waals surface area (Å²) in [5, 5.41) is 0. The van der Waals surface area contributed by atoms with Gasteiger partial charge in [-0.1, -0.05) is 12.0 Å². The van der Waals surface area contributed by atoms with E-state index < -0.39 is 0 Å². The minimum absolute atomic E-state index is 0.0233. The van der Waals surface area contributed by atoms with E-state index in [4.69, 9.17) is 6.42 Å². The van der Waals surface area contributed by atoms with E-state index >= 15 is 0 Å². The van der Waals surface area contributed by atoms with Crippen LogP contribution in [0.5, 0.6) is 0 Å². The van der Waals surface area contributed by atoms with Gasteiger partial charge in [0, 0.05) is 32.6 Å². The lowest BCUT2D eigenvalue weighted by molar-refractivity contribution is -0.142. The summed E-state index contributed by atoms with van der Waals surface area (Å²) in [4.78, 5) is 29.9. The Morgan fingerprint density at radius 1 is 1.57 bits per heavy atom. The lowest BCUT2D eigenvalue weighted by Gasteiger charge is -2.34. The molecule has 1 saturated heterocycles. The summed E-state index contributed by atoms with van der Waals surface area (Å²) in [6, 6.07) is 0. The Morgan fingerprint density at radius 2 is 2.29 bits per heavy atom. The molecular weight excluding hydrogens is 266 g/mol. The van der Waals surface area contributed by atoms with Crippen LogP contribution in [0.25, 0.3) is 0 Å². The zero-order valence-electron chi connectivity index (χ0n) is 13.0. The predicted molar refractivity (Wildman–Crippen MR) is 83.5 cm³/mol. The van der Waals surface area contributed by atoms with Gasteiger partial charge in [-0.25, -0.2) is 0 Å². The average Bonchev–Trinajstić information content (AvgIpc) is 2.45. The molecule has 5 heteroatoms. The molecule has 0 spiro atoms. The standard InChI is InChI=1S/C16H25N3O2/c1-5-9-18(10-6-2)16(21)14-7-8-15(20)19(13-14)12-11-17(3)4/h1,6,14H,2,7-13H2,3-4H3. The molecule has 0 aromatic rings. The van der Waals surface area contributed by atoms with Gasteiger partial charge in [0.2, 0.25) is 11.8 Å². The van der Waals surface area contributed by atoms with Gasteiger partial charge >= 0.3 is 0 Å². The molecule has 1 rings (SSSR count). The van der Waals surface area contributed by atoms with Crippen LogP contribution in [0.1, 0.15) is 12.8 Å². The Kier molecular flexibility index (Phi) is 6.97. The minimum Gasteiger partial charge on any atom is -0.341 e. The van der Waals surface area contributed by atoms with Crippen molar-refractivity contribution in [1.29, 1.82) is 0 Å². The predicted octanol–water partition coefficient (Wildman–Crippen LogP) is 0.434. The first-order valence-electron chi connectivity index (χ1n) is 7.25. The minimum atomic E-state index is -0.154. The molecule has 21 heavy (non-hydrogen) atoms. The Morgan fingerprint density at radius 3 is 2.86 bits per heavy atom. The van der Waals surface area contributed by atoms with Crippen LogP contribution in [-0.2, 0) is 9.59 Å². The molecule has 0 bridgehead atoms. The Balaban J connectivity index is 2.65. The summed E-state index contributed by atoms with van der Waals surface area (Å²) in [5.74, 6) is 2.50. The van der Waals surface area contributed by atoms with Gasteiger partial charge in [0.05, 0.1) is 12.5 Å². The summed E-state index contributed by atoms with van der Waals surface area (Å²) >= 11 is 0. The molecule has 2 amide bonds. The normalized spacial score (nSPS) is 18.5. The summed E-state index contributed by atoms with van der Waals surface area (Å²) in [6.07, 6.45) is 8.02. The fourth-order valence-corrected chi connectivity index (χ4v) is 2.41. The highest BCUT2D eigenvalue weighted by molar-refractivity contribution is 5.84. The first-order chi connectivity index (χ1) is 9.99. The topological polar surface area (TPSA) is 43.9 Å². The molecule has 1 heterocycles. The van der Waals surface area contributed by atoms with Crippen molar-refractivity contribution in [3.05, 3.63) is 12.7 Å². The van der Waals surface area contributed by atoms with E-state index in [-0.39, 0.29) is 24.3 Å². The van der Waals surface area contributed by atoms with Gasteiger partial charge in [-0.05, 0) is 20.5 Å². The van der Waals surface area contributed by atoms with E-state index in [1.807, 2.05) is 19.0 Å². The smallest absolute Gasteiger partial charge is 0.228 e. The number of rotatable bonds is 7. The maximum Gasteiger partial charge on any atom is 0.228 e. The van der Waals surface area contributed by atoms with Crippen molar-refractivity contribution in [2.45, 2.75) is 12.8 Å². The van der Waals surface area contributed by atoms with Crippen LogP contribution in [0, 0.1) is 18.3 Å². The van der Waals surface area contributed by atoms with E-state index in [1.165, 1.54) is 0 Å². The van der Waals surface area contributed by atoms with Crippen molar-refractivity contribution < 1.29 is 9.59 Å². The van der Waals surface area contributed by atoms with Gasteiger partial charge in [0.15, 0.2) is 0 Å². The van der Waals surface area contributed by atoms with Gasteiger partial charge in [-0.3, -0.25) is 9.59 Å². The maximum absolute atomic E-state index is 12.5. The third-order valence-corrected chi connectivity index (χ3v) is 3.61. The van der Waals surface area contributed by atoms with E-state index in [9.17, 15) is 9.59 Å². The summed E-state index contributed by atoms with van der Waals surface area (Å²) in [6.45, 7) is 6.34. The quantitative estimate of drug-likeness (QED) is 0.505. The highest BCUT2D eigenvalue weighted by Crippen LogP contribution is 2.19. The zero-order valence-corrected chi connectivity index (χ0v) is 13.0. The largest absolute Gasteiger partial charge is 0.341 e. The van der Waals surface area contributed by atoms with Crippen molar-refractivity contribution in [2.75, 3.05) is 46.8 Å². The average molecular weight is 291 g/mol. The SMILES string of the molecule is C#CCN(CC=C)C(=O)C1CCC(=O)N(CCN(C)C)C1. The van der Waals surface area contributed by atoms with Crippen LogP contribution in [0.15, 0.2) is 12.7 Å². The second kappa shape index (κ2) is 8.48. The Hall–Kier alpha value is -1.80. The fourth-order valence-electron chi connectivity index (χ4n) is 2.41. The molecule has 0 aromatic carbocycles.